The van der Waals surface area contributed by atoms with Crippen LogP contribution in [0.2, 0.25) is 0 Å². The van der Waals surface area contributed by atoms with E-state index in [1.165, 1.54) is 44.1 Å². The van der Waals surface area contributed by atoms with Crippen molar-refractivity contribution in [3.05, 3.63) is 23.8 Å². The van der Waals surface area contributed by atoms with Crippen molar-refractivity contribution in [1.29, 1.82) is 0 Å². The second kappa shape index (κ2) is 8.08. The van der Waals surface area contributed by atoms with E-state index in [9.17, 15) is 0 Å². The molecule has 0 saturated heterocycles. The fourth-order valence-electron chi connectivity index (χ4n) is 1.88. The van der Waals surface area contributed by atoms with Crippen molar-refractivity contribution in [2.24, 2.45) is 0 Å². The zero-order valence-electron chi connectivity index (χ0n) is 10.1. The van der Waals surface area contributed by atoms with E-state index >= 15 is 0 Å². The van der Waals surface area contributed by atoms with E-state index < -0.39 is 0 Å². The van der Waals surface area contributed by atoms with Gasteiger partial charge in [0.1, 0.15) is 0 Å². The first kappa shape index (κ1) is 14.0. The molecule has 0 aliphatic heterocycles. The minimum Gasteiger partial charge on any atom is -0.142 e. The van der Waals surface area contributed by atoms with Gasteiger partial charge in [0.05, 0.1) is 0 Å². The van der Waals surface area contributed by atoms with E-state index in [4.69, 9.17) is 0 Å². The van der Waals surface area contributed by atoms with Gasteiger partial charge in [-0.2, -0.15) is 0 Å². The molecule has 0 amide bonds. The molecule has 1 rings (SSSR count). The fourth-order valence-corrected chi connectivity index (χ4v) is 2.37. The molecule has 0 aliphatic carbocycles. The van der Waals surface area contributed by atoms with E-state index in [1.54, 1.807) is 0 Å². The summed E-state index contributed by atoms with van der Waals surface area (Å²) in [5.74, 6) is 0. The van der Waals surface area contributed by atoms with Crippen LogP contribution in [0, 0.1) is 0 Å². The van der Waals surface area contributed by atoms with E-state index in [0.29, 0.717) is 0 Å². The average Bonchev–Trinajstić information content (AvgIpc) is 2.29. The zero-order chi connectivity index (χ0) is 11.8. The standard InChI is InChI=1S/C14H22S2/c1-2-3-4-5-6-7-9-12-10-8-11-13(15)14(12)16/h8,10-11,15-16H,2-7,9H2,1H3. The predicted octanol–water partition coefficient (Wildman–Crippen LogP) is 5.17. The van der Waals surface area contributed by atoms with Gasteiger partial charge >= 0.3 is 0 Å². The third-order valence-corrected chi connectivity index (χ3v) is 3.98. The molecule has 0 bridgehead atoms. The third kappa shape index (κ3) is 4.84. The van der Waals surface area contributed by atoms with Crippen molar-refractivity contribution in [3.8, 4) is 0 Å². The molecule has 90 valence electrons. The summed E-state index contributed by atoms with van der Waals surface area (Å²) in [7, 11) is 0. The summed E-state index contributed by atoms with van der Waals surface area (Å²) in [5, 5.41) is 0. The number of hydrogen-bond donors (Lipinski definition) is 2. The van der Waals surface area contributed by atoms with Crippen LogP contribution in [-0.2, 0) is 6.42 Å². The SMILES string of the molecule is CCCCCCCCc1cccc(S)c1S. The highest BCUT2D eigenvalue weighted by atomic mass is 32.1. The number of aryl methyl sites for hydroxylation is 1. The Labute approximate surface area is 111 Å². The second-order valence-electron chi connectivity index (χ2n) is 4.30. The van der Waals surface area contributed by atoms with Gasteiger partial charge in [-0.25, -0.2) is 0 Å². The van der Waals surface area contributed by atoms with Crippen LogP contribution in [0.5, 0.6) is 0 Å². The minimum absolute atomic E-state index is 0.992. The van der Waals surface area contributed by atoms with Gasteiger partial charge in [-0.05, 0) is 24.5 Å². The monoisotopic (exact) mass is 254 g/mol. The maximum atomic E-state index is 4.49. The topological polar surface area (TPSA) is 0 Å². The van der Waals surface area contributed by atoms with Crippen LogP contribution in [0.4, 0.5) is 0 Å². The number of hydrogen-bond acceptors (Lipinski definition) is 2. The first-order valence-corrected chi connectivity index (χ1v) is 7.15. The van der Waals surface area contributed by atoms with E-state index in [1.807, 2.05) is 6.07 Å². The number of benzene rings is 1. The van der Waals surface area contributed by atoms with Gasteiger partial charge in [0.15, 0.2) is 0 Å². The number of rotatable bonds is 7. The lowest BCUT2D eigenvalue weighted by atomic mass is 10.0. The van der Waals surface area contributed by atoms with Crippen LogP contribution in [0.25, 0.3) is 0 Å². The van der Waals surface area contributed by atoms with E-state index in [2.05, 4.69) is 44.3 Å². The molecule has 0 aromatic heterocycles. The summed E-state index contributed by atoms with van der Waals surface area (Å²) in [5.41, 5.74) is 1.34. The van der Waals surface area contributed by atoms with Crippen LogP contribution < -0.4 is 0 Å². The van der Waals surface area contributed by atoms with Gasteiger partial charge in [-0.15, -0.1) is 25.3 Å². The minimum atomic E-state index is 0.992. The highest BCUT2D eigenvalue weighted by Gasteiger charge is 2.01. The quantitative estimate of drug-likeness (QED) is 0.487. The fraction of sp³-hybridized carbons (Fsp3) is 0.571. The van der Waals surface area contributed by atoms with E-state index in [-0.39, 0.29) is 0 Å². The van der Waals surface area contributed by atoms with Crippen molar-refractivity contribution < 1.29 is 0 Å². The summed E-state index contributed by atoms with van der Waals surface area (Å²) >= 11 is 8.88. The number of unbranched alkanes of at least 4 members (excludes halogenated alkanes) is 5. The predicted molar refractivity (Wildman–Crippen MR) is 78.0 cm³/mol. The largest absolute Gasteiger partial charge is 0.142 e. The maximum absolute atomic E-state index is 4.49. The molecule has 0 saturated carbocycles. The van der Waals surface area contributed by atoms with Crippen molar-refractivity contribution in [1.82, 2.24) is 0 Å². The first-order chi connectivity index (χ1) is 7.75. The van der Waals surface area contributed by atoms with Gasteiger partial charge in [0.25, 0.3) is 0 Å². The Morgan fingerprint density at radius 1 is 0.938 bits per heavy atom. The van der Waals surface area contributed by atoms with Crippen LogP contribution in [0.3, 0.4) is 0 Å². The molecule has 0 heterocycles. The molecule has 16 heavy (non-hydrogen) atoms. The maximum Gasteiger partial charge on any atom is 0.0206 e. The Morgan fingerprint density at radius 3 is 2.38 bits per heavy atom. The molecule has 0 fully saturated rings. The van der Waals surface area contributed by atoms with Crippen LogP contribution in [-0.4, -0.2) is 0 Å². The summed E-state index contributed by atoms with van der Waals surface area (Å²) in [6.07, 6.45) is 9.21. The van der Waals surface area contributed by atoms with E-state index in [0.717, 1.165) is 16.2 Å². The Bertz CT molecular complexity index is 308. The second-order valence-corrected chi connectivity index (χ2v) is 5.23. The van der Waals surface area contributed by atoms with Gasteiger partial charge in [0.2, 0.25) is 0 Å². The highest BCUT2D eigenvalue weighted by molar-refractivity contribution is 7.83. The summed E-state index contributed by atoms with van der Waals surface area (Å²) in [4.78, 5) is 2.05. The lowest BCUT2D eigenvalue weighted by Crippen LogP contribution is -1.89. The van der Waals surface area contributed by atoms with Crippen molar-refractivity contribution in [2.45, 2.75) is 61.7 Å². The van der Waals surface area contributed by atoms with Crippen molar-refractivity contribution >= 4 is 25.3 Å². The molecule has 2 heteroatoms. The average molecular weight is 254 g/mol. The summed E-state index contributed by atoms with van der Waals surface area (Å²) in [6, 6.07) is 6.22. The van der Waals surface area contributed by atoms with Crippen LogP contribution in [0.15, 0.2) is 28.0 Å². The lowest BCUT2D eigenvalue weighted by Gasteiger charge is -2.06. The van der Waals surface area contributed by atoms with Crippen LogP contribution >= 0.6 is 25.3 Å². The van der Waals surface area contributed by atoms with Crippen molar-refractivity contribution in [3.63, 3.8) is 0 Å². The molecule has 0 nitrogen and oxygen atoms in total. The van der Waals surface area contributed by atoms with Crippen molar-refractivity contribution in [2.75, 3.05) is 0 Å². The molecule has 0 N–H and O–H groups in total. The third-order valence-electron chi connectivity index (χ3n) is 2.90. The summed E-state index contributed by atoms with van der Waals surface area (Å²) in [6.45, 7) is 2.26. The molecule has 0 unspecified atom stereocenters. The van der Waals surface area contributed by atoms with Gasteiger partial charge in [-0.3, -0.25) is 0 Å². The normalized spacial score (nSPS) is 10.7. The summed E-state index contributed by atoms with van der Waals surface area (Å²) < 4.78 is 0. The smallest absolute Gasteiger partial charge is 0.0206 e. The lowest BCUT2D eigenvalue weighted by molar-refractivity contribution is 0.605. The molecule has 0 spiro atoms. The molecule has 1 aromatic rings. The van der Waals surface area contributed by atoms with Gasteiger partial charge in [-0.1, -0.05) is 51.2 Å². The Morgan fingerprint density at radius 2 is 1.62 bits per heavy atom. The molecular weight excluding hydrogens is 232 g/mol. The molecular formula is C14H22S2. The highest BCUT2D eigenvalue weighted by Crippen LogP contribution is 2.23. The first-order valence-electron chi connectivity index (χ1n) is 6.25. The van der Waals surface area contributed by atoms with Gasteiger partial charge < -0.3 is 0 Å². The van der Waals surface area contributed by atoms with Gasteiger partial charge in [0, 0.05) is 9.79 Å². The Balaban J connectivity index is 2.24. The number of thiol groups is 2. The van der Waals surface area contributed by atoms with Crippen LogP contribution in [0.1, 0.15) is 51.0 Å². The Kier molecular flexibility index (Phi) is 7.06. The molecule has 0 aliphatic rings. The zero-order valence-corrected chi connectivity index (χ0v) is 11.9. The Hall–Kier alpha value is -0.0800. The molecule has 1 aromatic carbocycles. The molecule has 0 atom stereocenters. The molecule has 0 radical (unpaired) electrons.